The number of esters is 1. The lowest BCUT2D eigenvalue weighted by Crippen LogP contribution is -2.29. The molecule has 1 aliphatic rings. The number of thioether (sulfide) groups is 1. The van der Waals surface area contributed by atoms with E-state index >= 15 is 0 Å². The Hall–Kier alpha value is -3.73. The van der Waals surface area contributed by atoms with Crippen molar-refractivity contribution in [1.82, 2.24) is 14.8 Å². The second kappa shape index (κ2) is 10.0. The van der Waals surface area contributed by atoms with Crippen molar-refractivity contribution < 1.29 is 18.8 Å². The zero-order valence-corrected chi connectivity index (χ0v) is 19.3. The number of anilines is 1. The summed E-state index contributed by atoms with van der Waals surface area (Å²) in [6.07, 6.45) is 0.666. The van der Waals surface area contributed by atoms with E-state index in [4.69, 9.17) is 4.74 Å². The number of non-ortho nitro benzene ring substituents is 1. The van der Waals surface area contributed by atoms with E-state index in [-0.39, 0.29) is 18.1 Å². The van der Waals surface area contributed by atoms with Crippen molar-refractivity contribution in [3.05, 3.63) is 86.9 Å². The summed E-state index contributed by atoms with van der Waals surface area (Å²) in [7, 11) is 0. The number of hydrogen-bond donors (Lipinski definition) is 1. The summed E-state index contributed by atoms with van der Waals surface area (Å²) in [6, 6.07) is 11.7. The minimum absolute atomic E-state index is 0.0616. The summed E-state index contributed by atoms with van der Waals surface area (Å²) >= 11 is 1.26. The number of aromatic nitrogens is 3. The fourth-order valence-corrected chi connectivity index (χ4v) is 4.39. The number of hydrogen-bond acceptors (Lipinski definition) is 8. The van der Waals surface area contributed by atoms with Gasteiger partial charge in [0, 0.05) is 23.6 Å². The molecule has 4 rings (SSSR count). The molecule has 0 amide bonds. The van der Waals surface area contributed by atoms with Crippen LogP contribution < -0.4 is 5.32 Å². The third kappa shape index (κ3) is 4.79. The van der Waals surface area contributed by atoms with Gasteiger partial charge in [-0.3, -0.25) is 10.1 Å². The Labute approximate surface area is 199 Å². The van der Waals surface area contributed by atoms with E-state index in [0.29, 0.717) is 45.7 Å². The van der Waals surface area contributed by atoms with Crippen molar-refractivity contribution in [1.29, 1.82) is 0 Å². The predicted octanol–water partition coefficient (Wildman–Crippen LogP) is 4.86. The van der Waals surface area contributed by atoms with E-state index in [0.717, 1.165) is 0 Å². The van der Waals surface area contributed by atoms with Crippen LogP contribution in [0.4, 0.5) is 16.0 Å². The van der Waals surface area contributed by atoms with E-state index in [1.54, 1.807) is 41.9 Å². The number of benzene rings is 2. The Morgan fingerprint density at radius 1 is 1.26 bits per heavy atom. The number of nitrogens with one attached hydrogen (secondary N) is 1. The van der Waals surface area contributed by atoms with Crippen LogP contribution in [0.3, 0.4) is 0 Å². The fraction of sp³-hybridized carbons (Fsp3) is 0.261. The second-order valence-electron chi connectivity index (χ2n) is 7.59. The number of fused-ring (bicyclic) bond motifs is 1. The molecule has 0 radical (unpaired) electrons. The van der Waals surface area contributed by atoms with Crippen LogP contribution >= 0.6 is 11.8 Å². The first-order chi connectivity index (χ1) is 16.4. The van der Waals surface area contributed by atoms with Crippen LogP contribution in [0.2, 0.25) is 0 Å². The summed E-state index contributed by atoms with van der Waals surface area (Å²) in [5.74, 6) is -0.0731. The molecule has 1 atom stereocenters. The number of nitro groups is 1. The molecule has 0 fully saturated rings. The largest absolute Gasteiger partial charge is 0.462 e. The van der Waals surface area contributed by atoms with Gasteiger partial charge in [0.1, 0.15) is 11.9 Å². The van der Waals surface area contributed by atoms with Crippen LogP contribution in [0, 0.1) is 15.9 Å². The lowest BCUT2D eigenvalue weighted by atomic mass is 9.95. The molecule has 1 aliphatic heterocycles. The lowest BCUT2D eigenvalue weighted by Gasteiger charge is -2.28. The number of rotatable bonds is 8. The summed E-state index contributed by atoms with van der Waals surface area (Å²) in [5.41, 5.74) is 1.97. The smallest absolute Gasteiger partial charge is 0.338 e. The van der Waals surface area contributed by atoms with Crippen molar-refractivity contribution >= 4 is 29.4 Å². The highest BCUT2D eigenvalue weighted by molar-refractivity contribution is 7.98. The normalized spacial score (nSPS) is 15.0. The maximum atomic E-state index is 14.0. The molecule has 3 aromatic rings. The van der Waals surface area contributed by atoms with Crippen LogP contribution in [-0.4, -0.2) is 32.3 Å². The van der Waals surface area contributed by atoms with Gasteiger partial charge >= 0.3 is 5.97 Å². The molecule has 1 aromatic heterocycles. The highest BCUT2D eigenvalue weighted by Gasteiger charge is 2.35. The summed E-state index contributed by atoms with van der Waals surface area (Å²) in [6.45, 7) is 3.90. The molecule has 2 heterocycles. The van der Waals surface area contributed by atoms with Gasteiger partial charge in [0.2, 0.25) is 11.1 Å². The number of allylic oxidation sites excluding steroid dienone is 1. The summed E-state index contributed by atoms with van der Waals surface area (Å²) in [5, 5.41) is 19.2. The van der Waals surface area contributed by atoms with Crippen molar-refractivity contribution in [3.63, 3.8) is 0 Å². The van der Waals surface area contributed by atoms with Gasteiger partial charge in [-0.2, -0.15) is 4.98 Å². The molecule has 1 unspecified atom stereocenters. The quantitative estimate of drug-likeness (QED) is 0.209. The van der Waals surface area contributed by atoms with Crippen molar-refractivity contribution in [2.75, 3.05) is 11.9 Å². The molecular weight excluding hydrogens is 461 g/mol. The lowest BCUT2D eigenvalue weighted by molar-refractivity contribution is -0.384. The van der Waals surface area contributed by atoms with Crippen molar-refractivity contribution in [3.8, 4) is 0 Å². The summed E-state index contributed by atoms with van der Waals surface area (Å²) < 4.78 is 21.0. The van der Waals surface area contributed by atoms with Crippen LogP contribution in [-0.2, 0) is 15.3 Å². The average Bonchev–Trinajstić information content (AvgIpc) is 3.23. The highest BCUT2D eigenvalue weighted by atomic mass is 32.2. The first kappa shape index (κ1) is 23.4. The molecule has 0 saturated carbocycles. The van der Waals surface area contributed by atoms with Crippen LogP contribution in [0.5, 0.6) is 0 Å². The van der Waals surface area contributed by atoms with Crippen molar-refractivity contribution in [2.24, 2.45) is 0 Å². The van der Waals surface area contributed by atoms with E-state index in [1.807, 2.05) is 6.92 Å². The number of nitro benzene ring substituents is 1. The molecular formula is C23H22FN5O4S. The minimum Gasteiger partial charge on any atom is -0.462 e. The number of carbonyl (C=O) groups excluding carboxylic acids is 1. The Morgan fingerprint density at radius 3 is 2.68 bits per heavy atom. The number of nitrogens with zero attached hydrogens (tertiary/aromatic N) is 4. The fourth-order valence-electron chi connectivity index (χ4n) is 3.57. The molecule has 1 N–H and O–H groups in total. The van der Waals surface area contributed by atoms with Crippen LogP contribution in [0.15, 0.2) is 65.0 Å². The third-order valence-corrected chi connectivity index (χ3v) is 6.11. The van der Waals surface area contributed by atoms with Gasteiger partial charge in [-0.05, 0) is 42.7 Å². The molecule has 0 bridgehead atoms. The van der Waals surface area contributed by atoms with Crippen molar-refractivity contribution in [2.45, 2.75) is 37.2 Å². The number of carbonyl (C=O) groups is 1. The maximum Gasteiger partial charge on any atom is 0.338 e. The molecule has 2 aromatic carbocycles. The predicted molar refractivity (Wildman–Crippen MR) is 125 cm³/mol. The van der Waals surface area contributed by atoms with Crippen LogP contribution in [0.1, 0.15) is 37.4 Å². The average molecular weight is 484 g/mol. The Bertz CT molecular complexity index is 1260. The van der Waals surface area contributed by atoms with Gasteiger partial charge in [-0.1, -0.05) is 36.9 Å². The van der Waals surface area contributed by atoms with E-state index in [9.17, 15) is 19.3 Å². The molecule has 0 spiro atoms. The molecule has 11 heteroatoms. The van der Waals surface area contributed by atoms with Gasteiger partial charge in [-0.15, -0.1) is 5.10 Å². The van der Waals surface area contributed by atoms with Gasteiger partial charge in [0.15, 0.2) is 0 Å². The first-order valence-corrected chi connectivity index (χ1v) is 11.6. The van der Waals surface area contributed by atoms with E-state index < -0.39 is 16.9 Å². The zero-order valence-electron chi connectivity index (χ0n) is 18.5. The maximum absolute atomic E-state index is 14.0. The molecule has 34 heavy (non-hydrogen) atoms. The van der Waals surface area contributed by atoms with E-state index in [2.05, 4.69) is 15.4 Å². The Morgan fingerprint density at radius 2 is 2.00 bits per heavy atom. The summed E-state index contributed by atoms with van der Waals surface area (Å²) in [4.78, 5) is 28.1. The van der Waals surface area contributed by atoms with Gasteiger partial charge < -0.3 is 10.1 Å². The number of ether oxygens (including phenoxy) is 1. The SMILES string of the molecule is CCCOC(=O)C1=C(C)Nc2nc(SCc3ccccc3F)nn2C1c1ccc([N+](=O)[O-])cc1. The second-order valence-corrected chi connectivity index (χ2v) is 8.54. The number of halogens is 1. The first-order valence-electron chi connectivity index (χ1n) is 10.6. The standard InChI is InChI=1S/C23H22FN5O4S/c1-3-12-33-21(30)19-14(2)25-22-26-23(34-13-16-6-4-5-7-18(16)24)27-28(22)20(19)15-8-10-17(11-9-15)29(31)32/h4-11,20H,3,12-13H2,1-2H3,(H,25,26,27). The highest BCUT2D eigenvalue weighted by Crippen LogP contribution is 2.37. The monoisotopic (exact) mass is 483 g/mol. The van der Waals surface area contributed by atoms with Crippen LogP contribution in [0.25, 0.3) is 0 Å². The molecule has 0 aliphatic carbocycles. The molecule has 9 nitrogen and oxygen atoms in total. The molecule has 176 valence electrons. The van der Waals surface area contributed by atoms with E-state index in [1.165, 1.54) is 30.0 Å². The minimum atomic E-state index is -0.697. The van der Waals surface area contributed by atoms with Gasteiger partial charge in [0.05, 0.1) is 17.1 Å². The Kier molecular flexibility index (Phi) is 6.92. The van der Waals surface area contributed by atoms with Gasteiger partial charge in [-0.25, -0.2) is 13.9 Å². The Balaban J connectivity index is 1.70. The zero-order chi connectivity index (χ0) is 24.2. The van der Waals surface area contributed by atoms with Gasteiger partial charge in [0.25, 0.3) is 5.69 Å². The molecule has 0 saturated heterocycles. The topological polar surface area (TPSA) is 112 Å². The third-order valence-electron chi connectivity index (χ3n) is 5.22.